The van der Waals surface area contributed by atoms with Gasteiger partial charge in [-0.1, -0.05) is 23.7 Å². The van der Waals surface area contributed by atoms with Crippen LogP contribution >= 0.6 is 11.6 Å². The van der Waals surface area contributed by atoms with E-state index in [1.165, 1.54) is 5.56 Å². The third-order valence-corrected chi connectivity index (χ3v) is 4.62. The minimum absolute atomic E-state index is 0.798. The summed E-state index contributed by atoms with van der Waals surface area (Å²) >= 11 is 6.09. The van der Waals surface area contributed by atoms with E-state index in [0.717, 1.165) is 55.6 Å². The lowest BCUT2D eigenvalue weighted by Gasteiger charge is -2.22. The first-order valence-corrected chi connectivity index (χ1v) is 8.53. The lowest BCUT2D eigenvalue weighted by atomic mass is 10.2. The average molecular weight is 343 g/mol. The van der Waals surface area contributed by atoms with Crippen molar-refractivity contribution >= 4 is 23.1 Å². The second-order valence-electron chi connectivity index (χ2n) is 6.06. The van der Waals surface area contributed by atoms with E-state index in [1.54, 1.807) is 12.5 Å². The van der Waals surface area contributed by atoms with Gasteiger partial charge in [0, 0.05) is 50.1 Å². The second-order valence-corrected chi connectivity index (χ2v) is 6.50. The predicted molar refractivity (Wildman–Crippen MR) is 94.3 cm³/mol. The molecule has 0 atom stereocenters. The highest BCUT2D eigenvalue weighted by Crippen LogP contribution is 2.19. The van der Waals surface area contributed by atoms with E-state index in [1.807, 2.05) is 28.8 Å². The van der Waals surface area contributed by atoms with Crippen LogP contribution < -0.4 is 4.90 Å². The molecule has 0 N–H and O–H groups in total. The number of rotatable bonds is 3. The molecule has 0 saturated carbocycles. The van der Waals surface area contributed by atoms with Crippen LogP contribution in [0, 0.1) is 0 Å². The molecule has 3 heterocycles. The van der Waals surface area contributed by atoms with Gasteiger partial charge in [-0.3, -0.25) is 9.30 Å². The van der Waals surface area contributed by atoms with E-state index < -0.39 is 0 Å². The molecule has 7 heteroatoms. The fraction of sp³-hybridized carbons (Fsp3) is 0.353. The standard InChI is InChI=1S/C17H19ClN6/c18-15-4-1-3-14(11-15)12-22-6-2-7-23(10-9-22)16-17-21-20-13-24(17)8-5-19-16/h1,3-5,8,11,13H,2,6-7,9-10,12H2. The molecule has 0 radical (unpaired) electrons. The molecule has 4 rings (SSSR count). The quantitative estimate of drug-likeness (QED) is 0.732. The Bertz CT molecular complexity index is 833. The molecule has 0 amide bonds. The predicted octanol–water partition coefficient (Wildman–Crippen LogP) is 2.49. The number of hydrogen-bond donors (Lipinski definition) is 0. The van der Waals surface area contributed by atoms with E-state index in [4.69, 9.17) is 11.6 Å². The summed E-state index contributed by atoms with van der Waals surface area (Å²) in [6, 6.07) is 8.10. The van der Waals surface area contributed by atoms with E-state index in [0.29, 0.717) is 0 Å². The average Bonchev–Trinajstić information content (AvgIpc) is 2.95. The minimum Gasteiger partial charge on any atom is -0.352 e. The molecule has 24 heavy (non-hydrogen) atoms. The van der Waals surface area contributed by atoms with Crippen molar-refractivity contribution in [3.63, 3.8) is 0 Å². The molecule has 0 unspecified atom stereocenters. The zero-order valence-electron chi connectivity index (χ0n) is 13.3. The Morgan fingerprint density at radius 2 is 2.08 bits per heavy atom. The largest absolute Gasteiger partial charge is 0.352 e. The van der Waals surface area contributed by atoms with Crippen LogP contribution in [0.5, 0.6) is 0 Å². The Morgan fingerprint density at radius 3 is 3.00 bits per heavy atom. The molecule has 2 aromatic heterocycles. The van der Waals surface area contributed by atoms with Gasteiger partial charge in [0.15, 0.2) is 5.82 Å². The SMILES string of the molecule is Clc1cccc(CN2CCCN(c3nccn4cnnc34)CC2)c1. The number of fused-ring (bicyclic) bond motifs is 1. The summed E-state index contributed by atoms with van der Waals surface area (Å²) in [5.74, 6) is 0.916. The maximum Gasteiger partial charge on any atom is 0.203 e. The molecule has 0 spiro atoms. The van der Waals surface area contributed by atoms with Gasteiger partial charge in [0.05, 0.1) is 0 Å². The Labute approximate surface area is 145 Å². The number of hydrogen-bond acceptors (Lipinski definition) is 5. The molecule has 1 aliphatic heterocycles. The molecule has 1 fully saturated rings. The van der Waals surface area contributed by atoms with Gasteiger partial charge in [0.25, 0.3) is 0 Å². The summed E-state index contributed by atoms with van der Waals surface area (Å²) in [7, 11) is 0. The summed E-state index contributed by atoms with van der Waals surface area (Å²) in [5, 5.41) is 8.98. The molecular weight excluding hydrogens is 324 g/mol. The van der Waals surface area contributed by atoms with Gasteiger partial charge >= 0.3 is 0 Å². The minimum atomic E-state index is 0.798. The molecule has 1 aromatic carbocycles. The van der Waals surface area contributed by atoms with E-state index in [-0.39, 0.29) is 0 Å². The first-order chi connectivity index (χ1) is 11.8. The van der Waals surface area contributed by atoms with Crippen LogP contribution in [-0.2, 0) is 6.54 Å². The smallest absolute Gasteiger partial charge is 0.203 e. The number of halogens is 1. The van der Waals surface area contributed by atoms with Crippen LogP contribution in [0.2, 0.25) is 5.02 Å². The van der Waals surface area contributed by atoms with Crippen LogP contribution in [0.4, 0.5) is 5.82 Å². The van der Waals surface area contributed by atoms with Crippen LogP contribution in [0.3, 0.4) is 0 Å². The summed E-state index contributed by atoms with van der Waals surface area (Å²) in [6.45, 7) is 4.89. The van der Waals surface area contributed by atoms with Crippen molar-refractivity contribution < 1.29 is 0 Å². The van der Waals surface area contributed by atoms with Crippen LogP contribution in [0.25, 0.3) is 5.65 Å². The highest BCUT2D eigenvalue weighted by molar-refractivity contribution is 6.30. The fourth-order valence-corrected chi connectivity index (χ4v) is 3.42. The molecule has 1 aliphatic rings. The third kappa shape index (κ3) is 3.20. The van der Waals surface area contributed by atoms with Crippen LogP contribution in [0.1, 0.15) is 12.0 Å². The number of aromatic nitrogens is 4. The summed E-state index contributed by atoms with van der Waals surface area (Å²) in [4.78, 5) is 9.31. The van der Waals surface area contributed by atoms with Gasteiger partial charge in [-0.2, -0.15) is 0 Å². The summed E-state index contributed by atoms with van der Waals surface area (Å²) in [5.41, 5.74) is 2.08. The lowest BCUT2D eigenvalue weighted by Crippen LogP contribution is -2.31. The third-order valence-electron chi connectivity index (χ3n) is 4.38. The number of benzene rings is 1. The lowest BCUT2D eigenvalue weighted by molar-refractivity contribution is 0.285. The summed E-state index contributed by atoms with van der Waals surface area (Å²) < 4.78 is 1.91. The Hall–Kier alpha value is -2.18. The zero-order chi connectivity index (χ0) is 16.4. The topological polar surface area (TPSA) is 49.6 Å². The molecular formula is C17H19ClN6. The van der Waals surface area contributed by atoms with Crippen molar-refractivity contribution in [1.29, 1.82) is 0 Å². The molecule has 0 bridgehead atoms. The molecule has 1 saturated heterocycles. The normalized spacial score (nSPS) is 16.5. The van der Waals surface area contributed by atoms with Crippen molar-refractivity contribution in [2.45, 2.75) is 13.0 Å². The highest BCUT2D eigenvalue weighted by Gasteiger charge is 2.19. The number of nitrogens with zero attached hydrogens (tertiary/aromatic N) is 6. The van der Waals surface area contributed by atoms with Gasteiger partial charge in [-0.05, 0) is 24.1 Å². The van der Waals surface area contributed by atoms with Gasteiger partial charge < -0.3 is 4.90 Å². The molecule has 124 valence electrons. The van der Waals surface area contributed by atoms with Crippen molar-refractivity contribution in [1.82, 2.24) is 24.5 Å². The van der Waals surface area contributed by atoms with E-state index in [9.17, 15) is 0 Å². The Kier molecular flexibility index (Phi) is 4.32. The second kappa shape index (κ2) is 6.75. The number of anilines is 1. The first-order valence-electron chi connectivity index (χ1n) is 8.16. The fourth-order valence-electron chi connectivity index (χ4n) is 3.20. The van der Waals surface area contributed by atoms with E-state index >= 15 is 0 Å². The van der Waals surface area contributed by atoms with Gasteiger partial charge in [0.2, 0.25) is 5.65 Å². The Morgan fingerprint density at radius 1 is 1.12 bits per heavy atom. The Balaban J connectivity index is 1.47. The van der Waals surface area contributed by atoms with Crippen LogP contribution in [0.15, 0.2) is 43.0 Å². The molecule has 6 nitrogen and oxygen atoms in total. The maximum absolute atomic E-state index is 6.09. The first kappa shape index (κ1) is 15.4. The summed E-state index contributed by atoms with van der Waals surface area (Å²) in [6.07, 6.45) is 6.49. The van der Waals surface area contributed by atoms with Crippen molar-refractivity contribution in [2.24, 2.45) is 0 Å². The van der Waals surface area contributed by atoms with Gasteiger partial charge in [-0.25, -0.2) is 4.98 Å². The highest BCUT2D eigenvalue weighted by atomic mass is 35.5. The molecule has 3 aromatic rings. The van der Waals surface area contributed by atoms with Crippen LogP contribution in [-0.4, -0.2) is 50.7 Å². The van der Waals surface area contributed by atoms with Crippen molar-refractivity contribution in [3.8, 4) is 0 Å². The maximum atomic E-state index is 6.09. The zero-order valence-corrected chi connectivity index (χ0v) is 14.1. The van der Waals surface area contributed by atoms with E-state index in [2.05, 4.69) is 31.0 Å². The monoisotopic (exact) mass is 342 g/mol. The van der Waals surface area contributed by atoms with Gasteiger partial charge in [0.1, 0.15) is 6.33 Å². The molecule has 0 aliphatic carbocycles. The van der Waals surface area contributed by atoms with Gasteiger partial charge in [-0.15, -0.1) is 10.2 Å². The van der Waals surface area contributed by atoms with Crippen molar-refractivity contribution in [3.05, 3.63) is 53.6 Å². The van der Waals surface area contributed by atoms with Crippen molar-refractivity contribution in [2.75, 3.05) is 31.1 Å².